The number of carboxylic acid groups (broad SMARTS) is 1. The van der Waals surface area contributed by atoms with E-state index in [1.807, 2.05) is 0 Å². The number of rotatable bonds is 4. The van der Waals surface area contributed by atoms with Gasteiger partial charge in [-0.05, 0) is 19.3 Å². The van der Waals surface area contributed by atoms with Crippen LogP contribution in [-0.4, -0.2) is 44.3 Å². The molecular formula is C12H16ClN3O3. The molecule has 1 aliphatic heterocycles. The minimum Gasteiger partial charge on any atom is -0.480 e. The number of amides is 1. The highest BCUT2D eigenvalue weighted by Crippen LogP contribution is 2.18. The Kier molecular flexibility index (Phi) is 4.42. The summed E-state index contributed by atoms with van der Waals surface area (Å²) in [4.78, 5) is 24.7. The maximum absolute atomic E-state index is 12.1. The molecule has 1 amide bonds. The molecule has 1 aromatic heterocycles. The molecule has 2 heterocycles. The highest BCUT2D eigenvalue weighted by molar-refractivity contribution is 6.30. The average molecular weight is 286 g/mol. The predicted molar refractivity (Wildman–Crippen MR) is 68.8 cm³/mol. The van der Waals surface area contributed by atoms with Crippen LogP contribution in [0.2, 0.25) is 5.02 Å². The Labute approximate surface area is 115 Å². The number of aromatic nitrogens is 2. The smallest absolute Gasteiger partial charge is 0.326 e. The van der Waals surface area contributed by atoms with Crippen molar-refractivity contribution >= 4 is 23.5 Å². The lowest BCUT2D eigenvalue weighted by molar-refractivity contribution is -0.152. The first-order valence-corrected chi connectivity index (χ1v) is 6.66. The van der Waals surface area contributed by atoms with Crippen molar-refractivity contribution in [3.8, 4) is 0 Å². The first-order valence-electron chi connectivity index (χ1n) is 6.28. The lowest BCUT2D eigenvalue weighted by Gasteiger charge is -2.33. The fraction of sp³-hybridized carbons (Fsp3) is 0.583. The van der Waals surface area contributed by atoms with Gasteiger partial charge in [0.05, 0.1) is 11.2 Å². The van der Waals surface area contributed by atoms with Crippen molar-refractivity contribution < 1.29 is 14.7 Å². The van der Waals surface area contributed by atoms with Crippen molar-refractivity contribution in [3.05, 3.63) is 17.4 Å². The summed E-state index contributed by atoms with van der Waals surface area (Å²) in [6, 6.07) is -0.678. The van der Waals surface area contributed by atoms with Crippen LogP contribution in [0.4, 0.5) is 0 Å². The van der Waals surface area contributed by atoms with Crippen LogP contribution in [0.15, 0.2) is 12.4 Å². The van der Waals surface area contributed by atoms with Crippen molar-refractivity contribution in [3.63, 3.8) is 0 Å². The molecule has 1 N–H and O–H groups in total. The molecule has 2 rings (SSSR count). The number of likely N-dealkylation sites (tertiary alicyclic amines) is 1. The summed E-state index contributed by atoms with van der Waals surface area (Å²) in [5.74, 6) is -1.06. The van der Waals surface area contributed by atoms with Crippen LogP contribution in [-0.2, 0) is 16.1 Å². The van der Waals surface area contributed by atoms with Gasteiger partial charge >= 0.3 is 5.97 Å². The van der Waals surface area contributed by atoms with Crippen LogP contribution in [0.25, 0.3) is 0 Å². The second kappa shape index (κ2) is 6.06. The molecule has 104 valence electrons. The number of nitrogens with zero attached hydrogens (tertiary/aromatic N) is 3. The maximum atomic E-state index is 12.1. The zero-order chi connectivity index (χ0) is 13.8. The van der Waals surface area contributed by atoms with Crippen molar-refractivity contribution in [2.75, 3.05) is 6.54 Å². The summed E-state index contributed by atoms with van der Waals surface area (Å²) in [6.45, 7) is 0.935. The van der Waals surface area contributed by atoms with Gasteiger partial charge in [0.15, 0.2) is 0 Å². The zero-order valence-electron chi connectivity index (χ0n) is 10.5. The molecule has 6 nitrogen and oxygen atoms in total. The van der Waals surface area contributed by atoms with E-state index in [2.05, 4.69) is 5.10 Å². The average Bonchev–Trinajstić information content (AvgIpc) is 2.81. The Hall–Kier alpha value is -1.56. The van der Waals surface area contributed by atoms with Crippen LogP contribution in [0.1, 0.15) is 25.7 Å². The Morgan fingerprint density at radius 2 is 2.26 bits per heavy atom. The number of halogens is 1. The van der Waals surface area contributed by atoms with E-state index in [-0.39, 0.29) is 12.3 Å². The monoisotopic (exact) mass is 285 g/mol. The number of hydrogen-bond acceptors (Lipinski definition) is 3. The van der Waals surface area contributed by atoms with Gasteiger partial charge in [-0.15, -0.1) is 0 Å². The van der Waals surface area contributed by atoms with Crippen molar-refractivity contribution in [1.82, 2.24) is 14.7 Å². The standard InChI is InChI=1S/C12H16ClN3O3/c13-9-7-14-15(8-9)6-4-11(17)16-5-2-1-3-10(16)12(18)19/h7-8,10H,1-6H2,(H,18,19). The van der Waals surface area contributed by atoms with E-state index in [1.54, 1.807) is 10.9 Å². The lowest BCUT2D eigenvalue weighted by atomic mass is 10.0. The molecule has 0 aliphatic carbocycles. The predicted octanol–water partition coefficient (Wildman–Crippen LogP) is 1.39. The van der Waals surface area contributed by atoms with Crippen LogP contribution >= 0.6 is 11.6 Å². The maximum Gasteiger partial charge on any atom is 0.326 e. The molecule has 1 unspecified atom stereocenters. The number of carbonyl (C=O) groups excluding carboxylic acids is 1. The van der Waals surface area contributed by atoms with Crippen LogP contribution in [0, 0.1) is 0 Å². The molecule has 1 fully saturated rings. The second-order valence-corrected chi connectivity index (χ2v) is 5.05. The zero-order valence-corrected chi connectivity index (χ0v) is 11.2. The van der Waals surface area contributed by atoms with Gasteiger partial charge < -0.3 is 10.0 Å². The largest absolute Gasteiger partial charge is 0.480 e. The molecule has 19 heavy (non-hydrogen) atoms. The highest BCUT2D eigenvalue weighted by atomic mass is 35.5. The summed E-state index contributed by atoms with van der Waals surface area (Å²) < 4.78 is 1.58. The molecular weight excluding hydrogens is 270 g/mol. The molecule has 0 aromatic carbocycles. The third kappa shape index (κ3) is 3.47. The molecule has 1 atom stereocenters. The quantitative estimate of drug-likeness (QED) is 0.907. The van der Waals surface area contributed by atoms with E-state index in [4.69, 9.17) is 16.7 Å². The molecule has 7 heteroatoms. The van der Waals surface area contributed by atoms with Gasteiger partial charge in [-0.2, -0.15) is 5.10 Å². The fourth-order valence-corrected chi connectivity index (χ4v) is 2.46. The number of aryl methyl sites for hydroxylation is 1. The van der Waals surface area contributed by atoms with E-state index < -0.39 is 12.0 Å². The Morgan fingerprint density at radius 1 is 1.47 bits per heavy atom. The molecule has 1 aromatic rings. The number of carbonyl (C=O) groups is 2. The van der Waals surface area contributed by atoms with Gasteiger partial charge in [-0.25, -0.2) is 4.79 Å². The molecule has 1 saturated heterocycles. The summed E-state index contributed by atoms with van der Waals surface area (Å²) >= 11 is 5.73. The van der Waals surface area contributed by atoms with Crippen LogP contribution < -0.4 is 0 Å². The number of carboxylic acids is 1. The molecule has 0 bridgehead atoms. The molecule has 0 radical (unpaired) electrons. The van der Waals surface area contributed by atoms with Crippen molar-refractivity contribution in [2.45, 2.75) is 38.3 Å². The first kappa shape index (κ1) is 13.9. The molecule has 0 saturated carbocycles. The van der Waals surface area contributed by atoms with Crippen molar-refractivity contribution in [2.24, 2.45) is 0 Å². The van der Waals surface area contributed by atoms with E-state index in [0.29, 0.717) is 24.5 Å². The highest BCUT2D eigenvalue weighted by Gasteiger charge is 2.31. The van der Waals surface area contributed by atoms with E-state index in [0.717, 1.165) is 12.8 Å². The van der Waals surface area contributed by atoms with Gasteiger partial charge in [0, 0.05) is 25.7 Å². The van der Waals surface area contributed by atoms with Gasteiger partial charge in [0.25, 0.3) is 0 Å². The summed E-state index contributed by atoms with van der Waals surface area (Å²) in [7, 11) is 0. The molecule has 1 aliphatic rings. The third-order valence-electron chi connectivity index (χ3n) is 3.26. The third-order valence-corrected chi connectivity index (χ3v) is 3.46. The van der Waals surface area contributed by atoms with Crippen LogP contribution in [0.5, 0.6) is 0 Å². The Bertz CT molecular complexity index is 475. The number of aliphatic carboxylic acids is 1. The van der Waals surface area contributed by atoms with E-state index in [1.165, 1.54) is 11.1 Å². The normalized spacial score (nSPS) is 19.4. The topological polar surface area (TPSA) is 75.4 Å². The second-order valence-electron chi connectivity index (χ2n) is 4.61. The van der Waals surface area contributed by atoms with Gasteiger partial charge in [0.2, 0.25) is 5.91 Å². The minimum atomic E-state index is -0.921. The lowest BCUT2D eigenvalue weighted by Crippen LogP contribution is -2.48. The molecule has 0 spiro atoms. The minimum absolute atomic E-state index is 0.140. The van der Waals surface area contributed by atoms with E-state index in [9.17, 15) is 9.59 Å². The summed E-state index contributed by atoms with van der Waals surface area (Å²) in [5.41, 5.74) is 0. The summed E-state index contributed by atoms with van der Waals surface area (Å²) in [5, 5.41) is 13.6. The van der Waals surface area contributed by atoms with Crippen LogP contribution in [0.3, 0.4) is 0 Å². The SMILES string of the molecule is O=C(O)C1CCCCN1C(=O)CCn1cc(Cl)cn1. The number of hydrogen-bond donors (Lipinski definition) is 1. The fourth-order valence-electron chi connectivity index (χ4n) is 2.30. The number of piperidine rings is 1. The Morgan fingerprint density at radius 3 is 2.89 bits per heavy atom. The van der Waals surface area contributed by atoms with E-state index >= 15 is 0 Å². The van der Waals surface area contributed by atoms with Gasteiger partial charge in [-0.1, -0.05) is 11.6 Å². The van der Waals surface area contributed by atoms with Gasteiger partial charge in [0.1, 0.15) is 6.04 Å². The first-order chi connectivity index (χ1) is 9.08. The summed E-state index contributed by atoms with van der Waals surface area (Å²) in [6.07, 6.45) is 5.64. The Balaban J connectivity index is 1.92. The van der Waals surface area contributed by atoms with Gasteiger partial charge in [-0.3, -0.25) is 9.48 Å². The van der Waals surface area contributed by atoms with Crippen molar-refractivity contribution in [1.29, 1.82) is 0 Å².